The lowest BCUT2D eigenvalue weighted by Gasteiger charge is -2.19. The van der Waals surface area contributed by atoms with Crippen molar-refractivity contribution in [3.63, 3.8) is 0 Å². The molecule has 0 aliphatic rings. The Balaban J connectivity index is 2.11. The van der Waals surface area contributed by atoms with Gasteiger partial charge in [-0.2, -0.15) is 0 Å². The second kappa shape index (κ2) is 11.5. The average Bonchev–Trinajstić information content (AvgIpc) is 2.78. The number of halogens is 2. The monoisotopic (exact) mass is 490 g/mol. The summed E-state index contributed by atoms with van der Waals surface area (Å²) in [6.07, 6.45) is -0.528. The second-order valence-corrected chi connectivity index (χ2v) is 9.34. The quantitative estimate of drug-likeness (QED) is 0.307. The predicted molar refractivity (Wildman–Crippen MR) is 130 cm³/mol. The summed E-state index contributed by atoms with van der Waals surface area (Å²) in [4.78, 5) is 28.5. The molecule has 0 fully saturated rings. The van der Waals surface area contributed by atoms with Crippen LogP contribution in [0.5, 0.6) is 5.75 Å². The van der Waals surface area contributed by atoms with E-state index in [0.717, 1.165) is 5.75 Å². The van der Waals surface area contributed by atoms with Gasteiger partial charge in [-0.25, -0.2) is 18.4 Å². The molecule has 2 aromatic carbocycles. The molecular formula is C25H28F2N2O4S. The number of fused-ring (bicyclic) bond motifs is 1. The maximum absolute atomic E-state index is 15.1. The fourth-order valence-electron chi connectivity index (χ4n) is 3.54. The molecule has 1 aromatic heterocycles. The number of amides is 1. The molecule has 6 nitrogen and oxygen atoms in total. The van der Waals surface area contributed by atoms with E-state index < -0.39 is 18.4 Å². The summed E-state index contributed by atoms with van der Waals surface area (Å²) in [6.45, 7) is 1.85. The molecule has 0 bridgehead atoms. The van der Waals surface area contributed by atoms with Crippen LogP contribution >= 0.6 is 11.8 Å². The summed E-state index contributed by atoms with van der Waals surface area (Å²) in [6, 6.07) is 9.89. The van der Waals surface area contributed by atoms with Crippen molar-refractivity contribution in [3.05, 3.63) is 69.3 Å². The Bertz CT molecular complexity index is 1230. The van der Waals surface area contributed by atoms with Crippen molar-refractivity contribution in [2.75, 3.05) is 40.1 Å². The summed E-state index contributed by atoms with van der Waals surface area (Å²) in [5.41, 5.74) is 0.947. The number of carbonyl (C=O) groups is 1. The second-order valence-electron chi connectivity index (χ2n) is 8.03. The number of benzene rings is 2. The molecule has 9 heteroatoms. The van der Waals surface area contributed by atoms with Crippen molar-refractivity contribution in [1.82, 2.24) is 9.80 Å². The van der Waals surface area contributed by atoms with E-state index in [1.807, 2.05) is 6.92 Å². The van der Waals surface area contributed by atoms with E-state index in [1.54, 1.807) is 56.4 Å². The minimum absolute atomic E-state index is 0.0401. The maximum atomic E-state index is 15.1. The van der Waals surface area contributed by atoms with Crippen LogP contribution in [0.4, 0.5) is 13.6 Å². The van der Waals surface area contributed by atoms with Crippen molar-refractivity contribution >= 4 is 28.8 Å². The molecule has 0 aliphatic carbocycles. The van der Waals surface area contributed by atoms with Gasteiger partial charge in [0.05, 0.1) is 0 Å². The van der Waals surface area contributed by atoms with E-state index in [-0.39, 0.29) is 36.7 Å². The van der Waals surface area contributed by atoms with E-state index in [4.69, 9.17) is 9.15 Å². The zero-order valence-electron chi connectivity index (χ0n) is 19.7. The number of thioether (sulfide) groups is 1. The van der Waals surface area contributed by atoms with E-state index in [9.17, 15) is 14.0 Å². The Hall–Kier alpha value is -2.91. The van der Waals surface area contributed by atoms with Crippen molar-refractivity contribution in [1.29, 1.82) is 0 Å². The molecule has 3 rings (SSSR count). The molecule has 0 saturated carbocycles. The third-order valence-electron chi connectivity index (χ3n) is 5.27. The molecule has 34 heavy (non-hydrogen) atoms. The summed E-state index contributed by atoms with van der Waals surface area (Å²) in [5, 5.41) is 0.615. The molecule has 3 aromatic rings. The van der Waals surface area contributed by atoms with Gasteiger partial charge in [0.2, 0.25) is 0 Å². The maximum Gasteiger partial charge on any atom is 0.414 e. The van der Waals surface area contributed by atoms with Crippen LogP contribution in [0.3, 0.4) is 0 Å². The van der Waals surface area contributed by atoms with Crippen molar-refractivity contribution in [2.45, 2.75) is 24.8 Å². The summed E-state index contributed by atoms with van der Waals surface area (Å²) < 4.78 is 38.9. The van der Waals surface area contributed by atoms with E-state index in [1.165, 1.54) is 22.7 Å². The number of carbonyl (C=O) groups excluding carboxylic acids is 1. The van der Waals surface area contributed by atoms with Gasteiger partial charge in [-0.3, -0.25) is 4.90 Å². The summed E-state index contributed by atoms with van der Waals surface area (Å²) >= 11 is 1.39. The zero-order valence-corrected chi connectivity index (χ0v) is 20.5. The Kier molecular flexibility index (Phi) is 8.68. The Morgan fingerprint density at radius 2 is 1.91 bits per heavy atom. The highest BCUT2D eigenvalue weighted by molar-refractivity contribution is 7.99. The van der Waals surface area contributed by atoms with Crippen molar-refractivity contribution in [3.8, 4) is 5.75 Å². The van der Waals surface area contributed by atoms with Crippen molar-refractivity contribution in [2.24, 2.45) is 0 Å². The van der Waals surface area contributed by atoms with Gasteiger partial charge in [0.1, 0.15) is 23.8 Å². The third kappa shape index (κ3) is 5.95. The zero-order chi connectivity index (χ0) is 24.8. The van der Waals surface area contributed by atoms with Crippen LogP contribution in [0.2, 0.25) is 0 Å². The molecule has 0 radical (unpaired) electrons. The first kappa shape index (κ1) is 25.7. The minimum Gasteiger partial charge on any atom is -0.422 e. The first-order valence-electron chi connectivity index (χ1n) is 10.9. The van der Waals surface area contributed by atoms with E-state index >= 15 is 4.39 Å². The lowest BCUT2D eigenvalue weighted by Crippen LogP contribution is -2.25. The van der Waals surface area contributed by atoms with Crippen LogP contribution in [0.1, 0.15) is 23.6 Å². The highest BCUT2D eigenvalue weighted by Crippen LogP contribution is 2.29. The fraction of sp³-hybridized carbons (Fsp3) is 0.360. The number of rotatable bonds is 9. The lowest BCUT2D eigenvalue weighted by atomic mass is 9.97. The van der Waals surface area contributed by atoms with Gasteiger partial charge in [0.15, 0.2) is 0 Å². The van der Waals surface area contributed by atoms with Gasteiger partial charge in [0.25, 0.3) is 0 Å². The molecule has 0 spiro atoms. The van der Waals surface area contributed by atoms with Crippen molar-refractivity contribution < 1.29 is 22.7 Å². The Morgan fingerprint density at radius 1 is 1.15 bits per heavy atom. The highest BCUT2D eigenvalue weighted by Gasteiger charge is 2.20. The largest absolute Gasteiger partial charge is 0.422 e. The highest BCUT2D eigenvalue weighted by atomic mass is 32.2. The third-order valence-corrected chi connectivity index (χ3v) is 6.18. The van der Waals surface area contributed by atoms with E-state index in [2.05, 4.69) is 0 Å². The Morgan fingerprint density at radius 3 is 2.59 bits per heavy atom. The minimum atomic E-state index is -0.611. The van der Waals surface area contributed by atoms with Gasteiger partial charge in [-0.05, 0) is 42.1 Å². The first-order chi connectivity index (χ1) is 16.2. The SMILES string of the molecule is CCSc1cccc(Cc2c(CN(C)CCF)c3ccc(OC(=O)N(C)C)cc3oc2=O)c1F. The number of hydrogen-bond donors (Lipinski definition) is 0. The molecule has 1 amide bonds. The fourth-order valence-corrected chi connectivity index (χ4v) is 4.29. The topological polar surface area (TPSA) is 63.0 Å². The molecule has 0 aliphatic heterocycles. The molecule has 0 atom stereocenters. The molecule has 0 N–H and O–H groups in total. The van der Waals surface area contributed by atoms with Crippen LogP contribution in [-0.2, 0) is 13.0 Å². The van der Waals surface area contributed by atoms with Gasteiger partial charge in [-0.1, -0.05) is 19.1 Å². The number of alkyl halides is 1. The predicted octanol–water partition coefficient (Wildman–Crippen LogP) is 5.10. The van der Waals surface area contributed by atoms with Crippen LogP contribution < -0.4 is 10.4 Å². The summed E-state index contributed by atoms with van der Waals surface area (Å²) in [5.74, 6) is 0.585. The Labute approximate surface area is 201 Å². The normalized spacial score (nSPS) is 11.3. The van der Waals surface area contributed by atoms with E-state index in [0.29, 0.717) is 27.0 Å². The average molecular weight is 491 g/mol. The molecule has 0 unspecified atom stereocenters. The molecular weight excluding hydrogens is 462 g/mol. The molecule has 1 heterocycles. The number of hydrogen-bond acceptors (Lipinski definition) is 6. The smallest absolute Gasteiger partial charge is 0.414 e. The first-order valence-corrected chi connectivity index (χ1v) is 11.9. The van der Waals surface area contributed by atoms with Gasteiger partial charge in [0, 0.05) is 55.5 Å². The lowest BCUT2D eigenvalue weighted by molar-refractivity contribution is 0.172. The van der Waals surface area contributed by atoms with Crippen LogP contribution in [0, 0.1) is 5.82 Å². The van der Waals surface area contributed by atoms with Crippen LogP contribution in [-0.4, -0.2) is 56.0 Å². The van der Waals surface area contributed by atoms with Gasteiger partial charge < -0.3 is 14.1 Å². The molecule has 0 saturated heterocycles. The van der Waals surface area contributed by atoms with Crippen LogP contribution in [0.15, 0.2) is 50.5 Å². The standard InChI is InChI=1S/C25H28F2N2O4S/c1-5-34-22-8-6-7-16(23(22)27)13-19-20(15-29(4)12-11-26)18-10-9-17(32-25(31)28(2)3)14-21(18)33-24(19)30/h6-10,14H,5,11-13,15H2,1-4H3. The van der Waals surface area contributed by atoms with Gasteiger partial charge >= 0.3 is 11.7 Å². The number of nitrogens with zero attached hydrogens (tertiary/aromatic N) is 2. The summed E-state index contributed by atoms with van der Waals surface area (Å²) in [7, 11) is 4.86. The number of ether oxygens (including phenoxy) is 1. The van der Waals surface area contributed by atoms with Crippen LogP contribution in [0.25, 0.3) is 11.0 Å². The molecule has 182 valence electrons. The van der Waals surface area contributed by atoms with Gasteiger partial charge in [-0.15, -0.1) is 11.8 Å².